The lowest BCUT2D eigenvalue weighted by Gasteiger charge is -2.21. The molecule has 0 saturated carbocycles. The van der Waals surface area contributed by atoms with Gasteiger partial charge in [0.25, 0.3) is 0 Å². The van der Waals surface area contributed by atoms with Crippen LogP contribution >= 0.6 is 15.6 Å². The molecule has 101 heavy (non-hydrogen) atoms. The van der Waals surface area contributed by atoms with E-state index < -0.39 is 97.5 Å². The Morgan fingerprint density at radius 1 is 0.277 bits per heavy atom. The van der Waals surface area contributed by atoms with E-state index in [-0.39, 0.29) is 25.7 Å². The van der Waals surface area contributed by atoms with Gasteiger partial charge in [-0.2, -0.15) is 0 Å². The largest absolute Gasteiger partial charge is 0.472 e. The number of carbonyl (C=O) groups excluding carboxylic acids is 4. The number of phosphoric acid groups is 2. The predicted octanol–water partition coefficient (Wildman–Crippen LogP) is 24.4. The third kappa shape index (κ3) is 74.7. The van der Waals surface area contributed by atoms with Gasteiger partial charge in [-0.25, -0.2) is 9.13 Å². The van der Waals surface area contributed by atoms with Crippen LogP contribution in [0.1, 0.15) is 421 Å². The molecule has 0 aromatic carbocycles. The van der Waals surface area contributed by atoms with Crippen LogP contribution in [-0.2, 0) is 65.4 Å². The van der Waals surface area contributed by atoms with Gasteiger partial charge in [0.15, 0.2) is 12.2 Å². The molecule has 0 saturated heterocycles. The van der Waals surface area contributed by atoms with E-state index in [9.17, 15) is 43.2 Å². The average molecular weight is 1480 g/mol. The molecule has 600 valence electrons. The molecule has 0 aliphatic carbocycles. The highest BCUT2D eigenvalue weighted by Gasteiger charge is 2.30. The van der Waals surface area contributed by atoms with E-state index in [0.29, 0.717) is 25.7 Å². The second kappa shape index (κ2) is 71.0. The van der Waals surface area contributed by atoms with Crippen LogP contribution in [0.25, 0.3) is 0 Å². The number of hydrogen-bond donors (Lipinski definition) is 3. The number of phosphoric ester groups is 2. The van der Waals surface area contributed by atoms with Gasteiger partial charge in [-0.3, -0.25) is 37.3 Å². The van der Waals surface area contributed by atoms with E-state index in [2.05, 4.69) is 55.4 Å². The molecule has 0 radical (unpaired) electrons. The Bertz CT molecular complexity index is 1970. The lowest BCUT2D eigenvalue weighted by molar-refractivity contribution is -0.161. The summed E-state index contributed by atoms with van der Waals surface area (Å²) in [6.45, 7) is 14.3. The first-order valence-electron chi connectivity index (χ1n) is 42.2. The van der Waals surface area contributed by atoms with Crippen molar-refractivity contribution in [3.05, 3.63) is 0 Å². The van der Waals surface area contributed by atoms with Crippen molar-refractivity contribution in [3.8, 4) is 0 Å². The third-order valence-electron chi connectivity index (χ3n) is 19.4. The molecule has 0 spiro atoms. The summed E-state index contributed by atoms with van der Waals surface area (Å²) in [4.78, 5) is 73.0. The summed E-state index contributed by atoms with van der Waals surface area (Å²) in [6.07, 6.45) is 58.3. The normalized spacial score (nSPS) is 14.3. The second-order valence-corrected chi connectivity index (χ2v) is 34.1. The number of carbonyl (C=O) groups is 4. The summed E-state index contributed by atoms with van der Waals surface area (Å²) in [5.74, 6) is 0.994. The summed E-state index contributed by atoms with van der Waals surface area (Å²) >= 11 is 0. The van der Waals surface area contributed by atoms with Crippen molar-refractivity contribution < 1.29 is 80.2 Å². The first-order valence-corrected chi connectivity index (χ1v) is 45.2. The van der Waals surface area contributed by atoms with Crippen molar-refractivity contribution in [2.45, 2.75) is 440 Å². The molecule has 0 rings (SSSR count). The average Bonchev–Trinajstić information content (AvgIpc) is 0.964. The zero-order valence-corrected chi connectivity index (χ0v) is 68.3. The zero-order chi connectivity index (χ0) is 74.6. The number of aliphatic hydroxyl groups excluding tert-OH is 1. The molecule has 0 aromatic rings. The lowest BCUT2D eigenvalue weighted by atomic mass is 10.00. The monoisotopic (exact) mass is 1480 g/mol. The first-order chi connectivity index (χ1) is 48.6. The van der Waals surface area contributed by atoms with Crippen molar-refractivity contribution >= 4 is 39.5 Å². The van der Waals surface area contributed by atoms with E-state index >= 15 is 0 Å². The van der Waals surface area contributed by atoms with Crippen molar-refractivity contribution in [3.63, 3.8) is 0 Å². The van der Waals surface area contributed by atoms with E-state index in [4.69, 9.17) is 37.0 Å². The van der Waals surface area contributed by atoms with Crippen molar-refractivity contribution in [2.24, 2.45) is 23.7 Å². The summed E-state index contributed by atoms with van der Waals surface area (Å²) in [5, 5.41) is 10.6. The molecule has 0 bridgehead atoms. The molecule has 17 nitrogen and oxygen atoms in total. The Kier molecular flexibility index (Phi) is 69.6. The molecule has 0 heterocycles. The fourth-order valence-corrected chi connectivity index (χ4v) is 14.2. The first kappa shape index (κ1) is 99.1. The predicted molar refractivity (Wildman–Crippen MR) is 414 cm³/mol. The highest BCUT2D eigenvalue weighted by molar-refractivity contribution is 7.47. The molecular weight excluding hydrogens is 1320 g/mol. The maximum absolute atomic E-state index is 13.1. The van der Waals surface area contributed by atoms with Gasteiger partial charge >= 0.3 is 39.5 Å². The molecule has 0 aromatic heterocycles. The molecule has 3 unspecified atom stereocenters. The van der Waals surface area contributed by atoms with E-state index in [1.54, 1.807) is 0 Å². The minimum absolute atomic E-state index is 0.106. The maximum atomic E-state index is 13.1. The molecule has 0 aliphatic rings. The van der Waals surface area contributed by atoms with Crippen LogP contribution in [0.3, 0.4) is 0 Å². The summed E-state index contributed by atoms with van der Waals surface area (Å²) in [6, 6.07) is 0. The fourth-order valence-electron chi connectivity index (χ4n) is 12.6. The Morgan fingerprint density at radius 3 is 0.703 bits per heavy atom. The number of ether oxygens (including phenoxy) is 4. The van der Waals surface area contributed by atoms with Crippen LogP contribution in [0.2, 0.25) is 0 Å². The van der Waals surface area contributed by atoms with Crippen molar-refractivity contribution in [1.82, 2.24) is 0 Å². The van der Waals surface area contributed by atoms with Gasteiger partial charge in [0.2, 0.25) is 0 Å². The topological polar surface area (TPSA) is 237 Å². The Balaban J connectivity index is 5.21. The summed E-state index contributed by atoms with van der Waals surface area (Å²) in [7, 11) is -9.92. The molecule has 6 atom stereocenters. The summed E-state index contributed by atoms with van der Waals surface area (Å²) < 4.78 is 68.7. The minimum Gasteiger partial charge on any atom is -0.462 e. The SMILES string of the molecule is CCC(C)CCCCCCCCC(=O)OC[C@H](COP(=O)(O)OC[C@H](O)COP(=O)(O)OC[C@@H](COC(=O)CCCCCCCCCCCCCCCC(C)C)OC(=O)CCCCCCCCCCCCCC(C)C)OC(=O)CCCCCCCCCCCCCCCCCCCCC(C)C. The van der Waals surface area contributed by atoms with Crippen LogP contribution < -0.4 is 0 Å². The Morgan fingerprint density at radius 2 is 0.475 bits per heavy atom. The van der Waals surface area contributed by atoms with Crippen molar-refractivity contribution in [1.29, 1.82) is 0 Å². The smallest absolute Gasteiger partial charge is 0.462 e. The molecule has 0 aliphatic heterocycles. The number of esters is 4. The number of aliphatic hydroxyl groups is 1. The quantitative estimate of drug-likeness (QED) is 0.0222. The Labute approximate surface area is 619 Å². The second-order valence-electron chi connectivity index (χ2n) is 31.2. The van der Waals surface area contributed by atoms with Gasteiger partial charge in [0, 0.05) is 25.7 Å². The number of unbranched alkanes of at least 4 members (excludes halogenated alkanes) is 44. The van der Waals surface area contributed by atoms with Crippen LogP contribution in [0.5, 0.6) is 0 Å². The van der Waals surface area contributed by atoms with Crippen LogP contribution in [-0.4, -0.2) is 96.7 Å². The number of rotatable bonds is 79. The van der Waals surface area contributed by atoms with Gasteiger partial charge < -0.3 is 33.8 Å². The molecule has 19 heteroatoms. The van der Waals surface area contributed by atoms with Gasteiger partial charge in [0.05, 0.1) is 26.4 Å². The van der Waals surface area contributed by atoms with Gasteiger partial charge in [-0.1, -0.05) is 370 Å². The molecule has 0 fully saturated rings. The lowest BCUT2D eigenvalue weighted by Crippen LogP contribution is -2.30. The highest BCUT2D eigenvalue weighted by Crippen LogP contribution is 2.45. The Hall–Kier alpha value is -1.94. The standard InChI is InChI=1S/C82H160O17P2/c1-9-75(8)61-53-45-40-41-47-55-63-80(85)93-69-78(99-81(86)64-56-48-38-32-26-19-15-13-11-10-12-14-17-22-28-34-42-50-58-72(2)3)71-97-101(90,91)95-67-76(83)66-94-100(88,89)96-70-77(98-82(87)65-57-49-39-33-27-21-24-30-36-44-52-60-74(6)7)68-92-79(84)62-54-46-37-31-25-20-16-18-23-29-35-43-51-59-73(4)5/h72-78,83H,9-71H2,1-8H3,(H,88,89)(H,90,91)/t75?,76-,77-,78-/m1/s1. The van der Waals surface area contributed by atoms with Gasteiger partial charge in [0.1, 0.15) is 19.3 Å². The van der Waals surface area contributed by atoms with Crippen molar-refractivity contribution in [2.75, 3.05) is 39.6 Å². The van der Waals surface area contributed by atoms with Crippen LogP contribution in [0, 0.1) is 23.7 Å². The highest BCUT2D eigenvalue weighted by atomic mass is 31.2. The van der Waals surface area contributed by atoms with Crippen LogP contribution in [0.4, 0.5) is 0 Å². The van der Waals surface area contributed by atoms with E-state index in [1.807, 2.05) is 0 Å². The van der Waals surface area contributed by atoms with E-state index in [0.717, 1.165) is 120 Å². The minimum atomic E-state index is -4.96. The fraction of sp³-hybridized carbons (Fsp3) is 0.951. The molecule has 0 amide bonds. The van der Waals surface area contributed by atoms with Crippen LogP contribution in [0.15, 0.2) is 0 Å². The number of hydrogen-bond acceptors (Lipinski definition) is 15. The molecular formula is C82H160O17P2. The molecule has 3 N–H and O–H groups in total. The van der Waals surface area contributed by atoms with E-state index in [1.165, 1.54) is 218 Å². The van der Waals surface area contributed by atoms with Gasteiger partial charge in [-0.05, 0) is 49.4 Å². The summed E-state index contributed by atoms with van der Waals surface area (Å²) in [5.41, 5.74) is 0. The van der Waals surface area contributed by atoms with Gasteiger partial charge in [-0.15, -0.1) is 0 Å². The third-order valence-corrected chi connectivity index (χ3v) is 21.3. The maximum Gasteiger partial charge on any atom is 0.472 e. The zero-order valence-electron chi connectivity index (χ0n) is 66.5.